The van der Waals surface area contributed by atoms with Crippen molar-refractivity contribution in [3.8, 4) is 0 Å². The number of allylic oxidation sites excluding steroid dienone is 5. The van der Waals surface area contributed by atoms with Crippen molar-refractivity contribution >= 4 is 14.0 Å². The van der Waals surface area contributed by atoms with Gasteiger partial charge in [0.25, 0.3) is 0 Å². The Balaban J connectivity index is 0.000000807. The molecule has 1 aromatic rings. The second-order valence-corrected chi connectivity index (χ2v) is 10.2. The SMILES string of the molecule is CCP1CC2=CC[C]([Ti+2][CH]3C=Cc4ccccc43)=C21.[F-].[F-]. The quantitative estimate of drug-likeness (QED) is 0.485. The number of fused-ring (bicyclic) bond motifs is 2. The maximum absolute atomic E-state index is 2.52. The summed E-state index contributed by atoms with van der Waals surface area (Å²) in [5, 5.41) is 1.86. The summed E-state index contributed by atoms with van der Waals surface area (Å²) in [5.74, 6) is 0. The van der Waals surface area contributed by atoms with Crippen molar-refractivity contribution in [2.75, 3.05) is 12.3 Å². The summed E-state index contributed by atoms with van der Waals surface area (Å²) in [4.78, 5) is 0. The Morgan fingerprint density at radius 1 is 1.24 bits per heavy atom. The average molecular weight is 338 g/mol. The zero-order valence-corrected chi connectivity index (χ0v) is 14.4. The van der Waals surface area contributed by atoms with E-state index in [9.17, 15) is 0 Å². The summed E-state index contributed by atoms with van der Waals surface area (Å²) in [6.45, 7) is 2.37. The third kappa shape index (κ3) is 2.74. The second kappa shape index (κ2) is 6.69. The van der Waals surface area contributed by atoms with E-state index in [4.69, 9.17) is 0 Å². The van der Waals surface area contributed by atoms with Crippen LogP contribution in [0.4, 0.5) is 0 Å². The predicted molar refractivity (Wildman–Crippen MR) is 80.3 cm³/mol. The van der Waals surface area contributed by atoms with Crippen molar-refractivity contribution < 1.29 is 28.6 Å². The van der Waals surface area contributed by atoms with Crippen LogP contribution in [0.5, 0.6) is 0 Å². The third-order valence-corrected chi connectivity index (χ3v) is 9.86. The van der Waals surface area contributed by atoms with E-state index in [0.29, 0.717) is 0 Å². The van der Waals surface area contributed by atoms with Gasteiger partial charge < -0.3 is 9.41 Å². The molecule has 0 nitrogen and oxygen atoms in total. The minimum atomic E-state index is -0.0158. The Bertz CT molecular complexity index is 633. The van der Waals surface area contributed by atoms with Gasteiger partial charge in [-0.25, -0.2) is 0 Å². The van der Waals surface area contributed by atoms with Crippen molar-refractivity contribution in [2.24, 2.45) is 0 Å². The normalized spacial score (nSPS) is 24.1. The van der Waals surface area contributed by atoms with Crippen molar-refractivity contribution in [3.63, 3.8) is 0 Å². The van der Waals surface area contributed by atoms with Crippen molar-refractivity contribution in [2.45, 2.75) is 17.6 Å². The molecular formula is C17H17F2PTi. The molecule has 0 amide bonds. The van der Waals surface area contributed by atoms with Gasteiger partial charge in [0.05, 0.1) is 0 Å². The summed E-state index contributed by atoms with van der Waals surface area (Å²) in [7, 11) is 0.256. The molecule has 0 aromatic heterocycles. The van der Waals surface area contributed by atoms with Crippen LogP contribution >= 0.6 is 7.92 Å². The van der Waals surface area contributed by atoms with Gasteiger partial charge in [0.15, 0.2) is 0 Å². The molecule has 1 aromatic carbocycles. The molecule has 0 bridgehead atoms. The van der Waals surface area contributed by atoms with E-state index in [-0.39, 0.29) is 36.5 Å². The third-order valence-electron chi connectivity index (χ3n) is 4.33. The van der Waals surface area contributed by atoms with E-state index < -0.39 is 0 Å². The maximum Gasteiger partial charge on any atom is -1.00 e. The van der Waals surface area contributed by atoms with E-state index in [0.717, 1.165) is 4.22 Å². The minimum Gasteiger partial charge on any atom is -1.00 e. The molecule has 4 rings (SSSR count). The van der Waals surface area contributed by atoms with Crippen LogP contribution in [-0.4, -0.2) is 12.3 Å². The van der Waals surface area contributed by atoms with Crippen LogP contribution in [-0.2, 0) is 19.2 Å². The molecule has 21 heavy (non-hydrogen) atoms. The smallest absolute Gasteiger partial charge is 1.00 e. The van der Waals surface area contributed by atoms with Gasteiger partial charge in [-0.3, -0.25) is 0 Å². The molecule has 1 heterocycles. The average Bonchev–Trinajstić information content (AvgIpc) is 2.94. The molecule has 1 saturated heterocycles. The fraction of sp³-hybridized carbons (Fsp3) is 0.294. The first-order valence-electron chi connectivity index (χ1n) is 7.08. The van der Waals surface area contributed by atoms with Crippen LogP contribution in [0, 0.1) is 0 Å². The first kappa shape index (κ1) is 16.8. The summed E-state index contributed by atoms with van der Waals surface area (Å²) >= 11 is -0.0158. The van der Waals surface area contributed by atoms with E-state index in [2.05, 4.69) is 49.4 Å². The van der Waals surface area contributed by atoms with Crippen LogP contribution in [0.2, 0.25) is 0 Å². The largest absolute Gasteiger partial charge is 1.00 e. The summed E-state index contributed by atoms with van der Waals surface area (Å²) in [5.41, 5.74) is 4.77. The molecule has 1 fully saturated rings. The van der Waals surface area contributed by atoms with Gasteiger partial charge in [0.1, 0.15) is 0 Å². The Morgan fingerprint density at radius 2 is 2.05 bits per heavy atom. The second-order valence-electron chi connectivity index (χ2n) is 5.38. The van der Waals surface area contributed by atoms with E-state index in [1.54, 1.807) is 11.1 Å². The molecule has 2 atom stereocenters. The van der Waals surface area contributed by atoms with Crippen LogP contribution in [0.1, 0.15) is 28.7 Å². The standard InChI is InChI=1S/C9H7.C8H10P.2FH.Ti/c1-2-5-9-7-3-6-8(9)4-1;1-2-9-6-7-4-3-5-8(7)9;;;/h1-7H;4H,2-3,6H2,1H3;2*1H;/q;;;;+2/p-2. The zero-order valence-electron chi connectivity index (χ0n) is 11.9. The minimum absolute atomic E-state index is 0. The molecule has 1 aliphatic heterocycles. The molecule has 0 spiro atoms. The first-order valence-corrected chi connectivity index (χ1v) is 10.5. The molecule has 2 unspecified atom stereocenters. The fourth-order valence-electron chi connectivity index (χ4n) is 3.30. The van der Waals surface area contributed by atoms with Crippen molar-refractivity contribution in [3.05, 3.63) is 62.3 Å². The topological polar surface area (TPSA) is 0 Å². The molecule has 2 aliphatic carbocycles. The van der Waals surface area contributed by atoms with Crippen LogP contribution in [0.15, 0.2) is 51.2 Å². The van der Waals surface area contributed by atoms with Crippen LogP contribution in [0.25, 0.3) is 6.08 Å². The zero-order chi connectivity index (χ0) is 12.8. The molecular weight excluding hydrogens is 321 g/mol. The Morgan fingerprint density at radius 3 is 2.86 bits per heavy atom. The van der Waals surface area contributed by atoms with Gasteiger partial charge in [0.2, 0.25) is 0 Å². The summed E-state index contributed by atoms with van der Waals surface area (Å²) in [6.07, 6.45) is 11.4. The van der Waals surface area contributed by atoms with Gasteiger partial charge >= 0.3 is 125 Å². The number of hydrogen-bond acceptors (Lipinski definition) is 0. The van der Waals surface area contributed by atoms with E-state index >= 15 is 0 Å². The van der Waals surface area contributed by atoms with Gasteiger partial charge in [-0.15, -0.1) is 0 Å². The van der Waals surface area contributed by atoms with Crippen molar-refractivity contribution in [1.29, 1.82) is 0 Å². The Labute approximate surface area is 134 Å². The molecule has 108 valence electrons. The molecule has 0 radical (unpaired) electrons. The van der Waals surface area contributed by atoms with Gasteiger partial charge in [0, 0.05) is 0 Å². The van der Waals surface area contributed by atoms with E-state index in [1.165, 1.54) is 24.3 Å². The molecule has 3 aliphatic rings. The number of rotatable bonds is 3. The summed E-state index contributed by atoms with van der Waals surface area (Å²) < 4.78 is 2.63. The number of halogens is 2. The number of hydrogen-bond donors (Lipinski definition) is 0. The molecule has 4 heteroatoms. The number of benzene rings is 1. The van der Waals surface area contributed by atoms with E-state index in [1.807, 2.05) is 9.19 Å². The summed E-state index contributed by atoms with van der Waals surface area (Å²) in [6, 6.07) is 8.95. The van der Waals surface area contributed by atoms with Gasteiger partial charge in [-0.1, -0.05) is 0 Å². The molecule has 0 N–H and O–H groups in total. The first-order chi connectivity index (χ1) is 9.36. The molecule has 0 saturated carbocycles. The van der Waals surface area contributed by atoms with Gasteiger partial charge in [-0.2, -0.15) is 0 Å². The van der Waals surface area contributed by atoms with Crippen LogP contribution in [0.3, 0.4) is 0 Å². The van der Waals surface area contributed by atoms with Gasteiger partial charge in [-0.05, 0) is 0 Å². The maximum atomic E-state index is 2.52. The van der Waals surface area contributed by atoms with Crippen molar-refractivity contribution in [1.82, 2.24) is 0 Å². The Hall–Kier alpha value is -0.556. The Kier molecular flexibility index (Phi) is 5.35. The monoisotopic (exact) mass is 338 g/mol. The fourth-order valence-corrected chi connectivity index (χ4v) is 8.83. The predicted octanol–water partition coefficient (Wildman–Crippen LogP) is -1.10. The van der Waals surface area contributed by atoms with Crippen LogP contribution < -0.4 is 9.41 Å².